The number of phosphoric acid groups is 2. The molecule has 620 valence electrons. The molecule has 2 amide bonds. The highest BCUT2D eigenvalue weighted by molar-refractivity contribution is 7.48. The summed E-state index contributed by atoms with van der Waals surface area (Å²) >= 11 is 0. The van der Waals surface area contributed by atoms with Gasteiger partial charge < -0.3 is 48.5 Å². The summed E-state index contributed by atoms with van der Waals surface area (Å²) in [6, 6.07) is -2.73. The van der Waals surface area contributed by atoms with Crippen LogP contribution in [-0.2, 0) is 93.3 Å². The molecule has 0 aromatic carbocycles. The molecule has 0 aromatic heterocycles. The molecule has 2 saturated heterocycles. The molecule has 107 heavy (non-hydrogen) atoms. The number of unbranched alkanes of at least 4 members (excludes halogenated alkanes) is 30. The fraction of sp³-hybridized carbons (Fsp3) is 0.807. The van der Waals surface area contributed by atoms with Crippen molar-refractivity contribution in [3.8, 4) is 0 Å². The van der Waals surface area contributed by atoms with Crippen LogP contribution in [0.25, 0.3) is 0 Å². The normalized spacial score (nSPS) is 20.7. The number of phosphoric ester groups is 2. The van der Waals surface area contributed by atoms with E-state index < -0.39 is 102 Å². The lowest BCUT2D eigenvalue weighted by molar-refractivity contribution is -0.302. The molecule has 2 aliphatic rings. The highest BCUT2D eigenvalue weighted by Crippen LogP contribution is 2.54. The standard InChI is InChI=1S/C83H148N2O20P2/c1-12-21-26-30-33-36-37-38-39-40-41-43-45-49-53-57-73(87)84-76-81(95-65-59-70(93-11)56-52-47-29-24-15-4)79(104-106(90,97-60-17-6)98-61-18-7)71(67-92-10)101-82(76)96-68-72-78(103-75(89)58-25-16-5)80(94-64-54-50-46-35-32-28-23-14-3)77(83(102-72)105-107(91,99-62-19-8)100-63-20-9)85-74(88)66-69(86)55-51-48-44-42-34-31-27-22-13-2/h16-20,36-37,70-72,76-83H,5-9,12-15,21-35,38-68H2,1-4,10-11H3,(H,84,87)(H,85,88)/b37-36-/t70-,71-,72-,76-,77-,78-,79-,80-,81-,82-,83-/m1/s1. The highest BCUT2D eigenvalue weighted by Gasteiger charge is 2.55. The maximum absolute atomic E-state index is 14.9. The second-order valence-corrected chi connectivity index (χ2v) is 31.6. The minimum Gasteiger partial charge on any atom is -0.457 e. The van der Waals surface area contributed by atoms with E-state index >= 15 is 0 Å². The zero-order chi connectivity index (χ0) is 78.3. The molecule has 22 nitrogen and oxygen atoms in total. The molecule has 0 saturated carbocycles. The summed E-state index contributed by atoms with van der Waals surface area (Å²) in [5.41, 5.74) is 0. The van der Waals surface area contributed by atoms with Crippen LogP contribution in [0.5, 0.6) is 0 Å². The Bertz CT molecular complexity index is 2420. The number of Topliss-reactive ketones (excluding diaryl/α,β-unsaturated/α-hetero) is 1. The average molecular weight is 1560 g/mol. The quantitative estimate of drug-likeness (QED) is 0.0189. The topological polar surface area (TPSA) is 256 Å². The number of rotatable bonds is 75. The third-order valence-electron chi connectivity index (χ3n) is 19.0. The van der Waals surface area contributed by atoms with E-state index in [0.29, 0.717) is 25.7 Å². The van der Waals surface area contributed by atoms with Gasteiger partial charge in [0.25, 0.3) is 0 Å². The van der Waals surface area contributed by atoms with E-state index in [0.717, 1.165) is 161 Å². The van der Waals surface area contributed by atoms with Gasteiger partial charge in [-0.25, -0.2) is 9.13 Å². The van der Waals surface area contributed by atoms with Gasteiger partial charge in [-0.15, -0.1) is 32.9 Å². The molecular formula is C83H148N2O20P2. The third-order valence-corrected chi connectivity index (χ3v) is 21.8. The Labute approximate surface area is 647 Å². The Morgan fingerprint density at radius 2 is 0.850 bits per heavy atom. The van der Waals surface area contributed by atoms with Crippen molar-refractivity contribution in [2.75, 3.05) is 67.1 Å². The van der Waals surface area contributed by atoms with Crippen LogP contribution < -0.4 is 10.6 Å². The van der Waals surface area contributed by atoms with Crippen molar-refractivity contribution in [1.29, 1.82) is 0 Å². The Balaban J connectivity index is 2.92. The molecule has 0 unspecified atom stereocenters. The molecule has 0 aliphatic carbocycles. The van der Waals surface area contributed by atoms with Crippen LogP contribution in [0.15, 0.2) is 75.4 Å². The molecule has 0 spiro atoms. The number of hydrogen-bond acceptors (Lipinski definition) is 20. The Hall–Kier alpha value is -3.54. The maximum Gasteiger partial charge on any atom is 0.477 e. The van der Waals surface area contributed by atoms with Gasteiger partial charge >= 0.3 is 21.6 Å². The van der Waals surface area contributed by atoms with Gasteiger partial charge in [-0.2, -0.15) is 0 Å². The number of allylic oxidation sites excluding steroid dienone is 3. The highest BCUT2D eigenvalue weighted by atomic mass is 31.2. The van der Waals surface area contributed by atoms with Gasteiger partial charge in [0, 0.05) is 46.7 Å². The van der Waals surface area contributed by atoms with Gasteiger partial charge in [-0.3, -0.25) is 46.3 Å². The summed E-state index contributed by atoms with van der Waals surface area (Å²) in [5.74, 6) is -2.05. The summed E-state index contributed by atoms with van der Waals surface area (Å²) in [5, 5.41) is 6.13. The molecule has 24 heteroatoms. The van der Waals surface area contributed by atoms with Crippen LogP contribution in [0, 0.1) is 0 Å². The second kappa shape index (κ2) is 66.0. The van der Waals surface area contributed by atoms with Crippen LogP contribution in [-0.4, -0.2) is 158 Å². The summed E-state index contributed by atoms with van der Waals surface area (Å²) in [6.07, 6.45) is 37.8. The first-order chi connectivity index (χ1) is 52.1. The van der Waals surface area contributed by atoms with Crippen molar-refractivity contribution in [2.24, 2.45) is 0 Å². The lowest BCUT2D eigenvalue weighted by Crippen LogP contribution is -2.68. The monoisotopic (exact) mass is 1560 g/mol. The Morgan fingerprint density at radius 3 is 1.36 bits per heavy atom. The Kier molecular flexibility index (Phi) is 61.4. The van der Waals surface area contributed by atoms with Crippen molar-refractivity contribution >= 4 is 39.2 Å². The van der Waals surface area contributed by atoms with E-state index in [1.165, 1.54) is 82.8 Å². The molecule has 0 aromatic rings. The van der Waals surface area contributed by atoms with Crippen molar-refractivity contribution < 1.29 is 93.3 Å². The van der Waals surface area contributed by atoms with Gasteiger partial charge in [0.2, 0.25) is 11.8 Å². The molecule has 2 fully saturated rings. The van der Waals surface area contributed by atoms with Crippen molar-refractivity contribution in [2.45, 2.75) is 365 Å². The van der Waals surface area contributed by atoms with Gasteiger partial charge in [-0.1, -0.05) is 250 Å². The predicted molar refractivity (Wildman–Crippen MR) is 426 cm³/mol. The predicted octanol–water partition coefficient (Wildman–Crippen LogP) is 20.0. The summed E-state index contributed by atoms with van der Waals surface area (Å²) in [7, 11) is -6.14. The largest absolute Gasteiger partial charge is 0.477 e. The number of amides is 2. The molecule has 2 heterocycles. The van der Waals surface area contributed by atoms with Crippen molar-refractivity contribution in [3.63, 3.8) is 0 Å². The maximum atomic E-state index is 14.9. The summed E-state index contributed by atoms with van der Waals surface area (Å²) in [4.78, 5) is 57.3. The summed E-state index contributed by atoms with van der Waals surface area (Å²) in [6.45, 7) is 25.9. The minimum atomic E-state index is -4.71. The van der Waals surface area contributed by atoms with E-state index in [-0.39, 0.29) is 89.7 Å². The molecule has 0 bridgehead atoms. The molecule has 2 N–H and O–H groups in total. The van der Waals surface area contributed by atoms with Crippen LogP contribution >= 0.6 is 15.6 Å². The van der Waals surface area contributed by atoms with Gasteiger partial charge in [0.1, 0.15) is 48.4 Å². The van der Waals surface area contributed by atoms with Gasteiger partial charge in [0.15, 0.2) is 18.7 Å². The first kappa shape index (κ1) is 99.5. The van der Waals surface area contributed by atoms with Crippen LogP contribution in [0.4, 0.5) is 0 Å². The first-order valence-electron chi connectivity index (χ1n) is 41.4. The van der Waals surface area contributed by atoms with Crippen LogP contribution in [0.2, 0.25) is 0 Å². The number of ketones is 1. The van der Waals surface area contributed by atoms with E-state index in [1.807, 2.05) is 0 Å². The summed E-state index contributed by atoms with van der Waals surface area (Å²) < 4.78 is 119. The first-order valence-corrected chi connectivity index (χ1v) is 44.3. The molecule has 0 radical (unpaired) electrons. The second-order valence-electron chi connectivity index (χ2n) is 28.4. The molecule has 2 aliphatic heterocycles. The van der Waals surface area contributed by atoms with Crippen LogP contribution in [0.3, 0.4) is 0 Å². The zero-order valence-electron chi connectivity index (χ0n) is 67.3. The van der Waals surface area contributed by atoms with Crippen molar-refractivity contribution in [3.05, 3.63) is 75.4 Å². The minimum absolute atomic E-state index is 0.0582. The fourth-order valence-electron chi connectivity index (χ4n) is 13.0. The lowest BCUT2D eigenvalue weighted by Gasteiger charge is -2.48. The number of esters is 1. The SMILES string of the molecule is C=CCCC(=O)O[C@H]1[C@H](OCCCCCCCCCC)[C@@H](NC(=O)CC(=O)CCCCCCCCCCC)[C@@H](OP(=O)(OCC=C)OCC=C)O[C@@H]1CO[C@@H]1O[C@H](COC)[C@@H](OP(=O)(OCC=C)OCC=C)[C@H](OCC[C@@H](CCCCCCC)OC)[C@H]1NC(=O)CCCCCCCCC/C=C\CCCCCC. The number of ether oxygens (including phenoxy) is 8. The molecular weight excluding hydrogens is 1410 g/mol. The van der Waals surface area contributed by atoms with Crippen LogP contribution in [0.1, 0.15) is 297 Å². The smallest absolute Gasteiger partial charge is 0.457 e. The molecule has 2 rings (SSSR count). The van der Waals surface area contributed by atoms with Gasteiger partial charge in [-0.05, 0) is 64.2 Å². The lowest BCUT2D eigenvalue weighted by atomic mass is 9.95. The third kappa shape index (κ3) is 46.9. The van der Waals surface area contributed by atoms with E-state index in [9.17, 15) is 28.3 Å². The van der Waals surface area contributed by atoms with Crippen molar-refractivity contribution in [1.82, 2.24) is 10.6 Å². The van der Waals surface area contributed by atoms with E-state index in [1.54, 1.807) is 13.2 Å². The number of nitrogens with one attached hydrogen (secondary N) is 2. The number of methoxy groups -OCH3 is 2. The zero-order valence-corrected chi connectivity index (χ0v) is 69.1. The van der Waals surface area contributed by atoms with Gasteiger partial charge in [0.05, 0.1) is 52.2 Å². The van der Waals surface area contributed by atoms with E-state index in [2.05, 4.69) is 83.4 Å². The number of carbonyl (C=O) groups excluding carboxylic acids is 4. The fourth-order valence-corrected chi connectivity index (χ4v) is 15.5. The Morgan fingerprint density at radius 1 is 0.421 bits per heavy atom. The number of carbonyl (C=O) groups is 4. The van der Waals surface area contributed by atoms with E-state index in [4.69, 9.17) is 65.0 Å². The average Bonchev–Trinajstić information content (AvgIpc) is 0.778. The molecule has 11 atom stereocenters. The number of hydrogen-bond donors (Lipinski definition) is 2.